The van der Waals surface area contributed by atoms with Crippen LogP contribution in [0.25, 0.3) is 0 Å². The number of aryl methyl sites for hydroxylation is 1. The molecule has 1 fully saturated rings. The van der Waals surface area contributed by atoms with E-state index in [2.05, 4.69) is 49.5 Å². The van der Waals surface area contributed by atoms with E-state index < -0.39 is 0 Å². The minimum absolute atomic E-state index is 0.0415. The second-order valence-corrected chi connectivity index (χ2v) is 5.64. The van der Waals surface area contributed by atoms with E-state index in [9.17, 15) is 5.26 Å². The van der Waals surface area contributed by atoms with Crippen molar-refractivity contribution < 1.29 is 0 Å². The molecule has 2 rings (SSSR count). The molecule has 1 saturated carbocycles. The second kappa shape index (κ2) is 5.91. The topological polar surface area (TPSA) is 35.8 Å². The number of rotatable bonds is 3. The minimum atomic E-state index is -0.0415. The van der Waals surface area contributed by atoms with E-state index in [0.717, 1.165) is 11.6 Å². The van der Waals surface area contributed by atoms with Gasteiger partial charge in [-0.25, -0.2) is 0 Å². The van der Waals surface area contributed by atoms with Crippen molar-refractivity contribution in [3.8, 4) is 6.07 Å². The first-order chi connectivity index (χ1) is 8.69. The highest BCUT2D eigenvalue weighted by atomic mass is 14.9. The van der Waals surface area contributed by atoms with Gasteiger partial charge in [0.1, 0.15) is 6.04 Å². The lowest BCUT2D eigenvalue weighted by molar-refractivity contribution is 0.282. The summed E-state index contributed by atoms with van der Waals surface area (Å²) in [5.74, 6) is 1.34. The maximum absolute atomic E-state index is 9.35. The SMILES string of the molecule is Cc1ccc(NC(C#N)C2CCC(C)CC2)cc1. The van der Waals surface area contributed by atoms with Gasteiger partial charge in [0.25, 0.3) is 0 Å². The smallest absolute Gasteiger partial charge is 0.117 e. The summed E-state index contributed by atoms with van der Waals surface area (Å²) >= 11 is 0. The zero-order valence-corrected chi connectivity index (χ0v) is 11.3. The Kier molecular flexibility index (Phi) is 4.25. The number of hydrogen-bond acceptors (Lipinski definition) is 2. The van der Waals surface area contributed by atoms with Crippen molar-refractivity contribution in [1.82, 2.24) is 0 Å². The Morgan fingerprint density at radius 3 is 2.33 bits per heavy atom. The van der Waals surface area contributed by atoms with E-state index >= 15 is 0 Å². The molecule has 1 aliphatic rings. The molecule has 0 aromatic heterocycles. The Balaban J connectivity index is 1.97. The normalized spacial score (nSPS) is 25.2. The van der Waals surface area contributed by atoms with Gasteiger partial charge in [-0.3, -0.25) is 0 Å². The van der Waals surface area contributed by atoms with Crippen LogP contribution in [0.3, 0.4) is 0 Å². The van der Waals surface area contributed by atoms with E-state index in [1.807, 2.05) is 0 Å². The zero-order valence-electron chi connectivity index (χ0n) is 11.3. The van der Waals surface area contributed by atoms with Crippen molar-refractivity contribution in [1.29, 1.82) is 5.26 Å². The van der Waals surface area contributed by atoms with E-state index in [4.69, 9.17) is 0 Å². The van der Waals surface area contributed by atoms with Crippen molar-refractivity contribution in [3.63, 3.8) is 0 Å². The van der Waals surface area contributed by atoms with Gasteiger partial charge in [0, 0.05) is 5.69 Å². The largest absolute Gasteiger partial charge is 0.370 e. The fourth-order valence-electron chi connectivity index (χ4n) is 2.70. The maximum atomic E-state index is 9.35. The number of nitriles is 1. The molecule has 96 valence electrons. The molecular weight excluding hydrogens is 220 g/mol. The van der Waals surface area contributed by atoms with Crippen LogP contribution in [0.5, 0.6) is 0 Å². The summed E-state index contributed by atoms with van der Waals surface area (Å²) in [7, 11) is 0. The molecule has 18 heavy (non-hydrogen) atoms. The third kappa shape index (κ3) is 3.26. The van der Waals surface area contributed by atoms with Crippen LogP contribution in [0.2, 0.25) is 0 Å². The second-order valence-electron chi connectivity index (χ2n) is 5.64. The van der Waals surface area contributed by atoms with Gasteiger partial charge in [-0.15, -0.1) is 0 Å². The summed E-state index contributed by atoms with van der Waals surface area (Å²) in [4.78, 5) is 0. The van der Waals surface area contributed by atoms with Crippen LogP contribution in [0, 0.1) is 30.1 Å². The van der Waals surface area contributed by atoms with Gasteiger partial charge in [-0.2, -0.15) is 5.26 Å². The molecule has 1 atom stereocenters. The highest BCUT2D eigenvalue weighted by Crippen LogP contribution is 2.31. The molecule has 0 aliphatic heterocycles. The first kappa shape index (κ1) is 13.0. The number of nitrogens with one attached hydrogen (secondary N) is 1. The van der Waals surface area contributed by atoms with Gasteiger partial charge in [-0.05, 0) is 43.7 Å². The lowest BCUT2D eigenvalue weighted by Gasteiger charge is -2.30. The highest BCUT2D eigenvalue weighted by Gasteiger charge is 2.25. The van der Waals surface area contributed by atoms with Crippen molar-refractivity contribution in [2.45, 2.75) is 45.6 Å². The molecule has 1 aromatic rings. The van der Waals surface area contributed by atoms with Crippen molar-refractivity contribution in [3.05, 3.63) is 29.8 Å². The fraction of sp³-hybridized carbons (Fsp3) is 0.562. The summed E-state index contributed by atoms with van der Waals surface area (Å²) in [6, 6.07) is 10.7. The lowest BCUT2D eigenvalue weighted by Crippen LogP contribution is -2.30. The van der Waals surface area contributed by atoms with Gasteiger partial charge in [0.15, 0.2) is 0 Å². The summed E-state index contributed by atoms with van der Waals surface area (Å²) in [5, 5.41) is 12.7. The number of benzene rings is 1. The predicted octanol–water partition coefficient (Wildman–Crippen LogP) is 4.13. The Morgan fingerprint density at radius 2 is 1.78 bits per heavy atom. The minimum Gasteiger partial charge on any atom is -0.370 e. The van der Waals surface area contributed by atoms with Crippen LogP contribution < -0.4 is 5.32 Å². The summed E-state index contributed by atoms with van der Waals surface area (Å²) in [6.45, 7) is 4.39. The highest BCUT2D eigenvalue weighted by molar-refractivity contribution is 5.46. The molecule has 1 aromatic carbocycles. The van der Waals surface area contributed by atoms with Gasteiger partial charge >= 0.3 is 0 Å². The zero-order chi connectivity index (χ0) is 13.0. The monoisotopic (exact) mass is 242 g/mol. The Hall–Kier alpha value is -1.49. The molecule has 1 unspecified atom stereocenters. The average molecular weight is 242 g/mol. The van der Waals surface area contributed by atoms with Gasteiger partial charge in [0.05, 0.1) is 6.07 Å². The summed E-state index contributed by atoms with van der Waals surface area (Å²) < 4.78 is 0. The van der Waals surface area contributed by atoms with E-state index in [1.165, 1.54) is 31.2 Å². The molecule has 0 heterocycles. The molecule has 0 spiro atoms. The van der Waals surface area contributed by atoms with Crippen molar-refractivity contribution in [2.24, 2.45) is 11.8 Å². The molecule has 0 amide bonds. The number of nitrogens with zero attached hydrogens (tertiary/aromatic N) is 1. The van der Waals surface area contributed by atoms with Crippen LogP contribution in [0.15, 0.2) is 24.3 Å². The standard InChI is InChI=1S/C16H22N2/c1-12-3-7-14(8-4-12)16(11-17)18-15-9-5-13(2)6-10-15/h5-6,9-10,12,14,16,18H,3-4,7-8H2,1-2H3. The van der Waals surface area contributed by atoms with Gasteiger partial charge in [-0.1, -0.05) is 37.5 Å². The first-order valence-corrected chi connectivity index (χ1v) is 6.92. The summed E-state index contributed by atoms with van der Waals surface area (Å²) in [5.41, 5.74) is 2.31. The van der Waals surface area contributed by atoms with E-state index in [1.54, 1.807) is 0 Å². The van der Waals surface area contributed by atoms with E-state index in [0.29, 0.717) is 5.92 Å². The molecule has 0 saturated heterocycles. The molecule has 2 nitrogen and oxygen atoms in total. The third-order valence-electron chi connectivity index (χ3n) is 4.04. The van der Waals surface area contributed by atoms with Crippen LogP contribution in [-0.4, -0.2) is 6.04 Å². The fourth-order valence-corrected chi connectivity index (χ4v) is 2.70. The molecule has 0 bridgehead atoms. The molecular formula is C16H22N2. The predicted molar refractivity (Wildman–Crippen MR) is 75.3 cm³/mol. The Morgan fingerprint density at radius 1 is 1.17 bits per heavy atom. The van der Waals surface area contributed by atoms with Gasteiger partial charge < -0.3 is 5.32 Å². The Bertz CT molecular complexity index is 408. The van der Waals surface area contributed by atoms with Crippen LogP contribution in [0.4, 0.5) is 5.69 Å². The first-order valence-electron chi connectivity index (χ1n) is 6.92. The average Bonchev–Trinajstić information content (AvgIpc) is 2.39. The number of anilines is 1. The Labute approximate surface area is 110 Å². The third-order valence-corrected chi connectivity index (χ3v) is 4.04. The van der Waals surface area contributed by atoms with Crippen molar-refractivity contribution in [2.75, 3.05) is 5.32 Å². The van der Waals surface area contributed by atoms with Crippen LogP contribution >= 0.6 is 0 Å². The number of hydrogen-bond donors (Lipinski definition) is 1. The molecule has 1 aliphatic carbocycles. The molecule has 0 radical (unpaired) electrons. The van der Waals surface area contributed by atoms with Gasteiger partial charge in [0.2, 0.25) is 0 Å². The quantitative estimate of drug-likeness (QED) is 0.865. The summed E-state index contributed by atoms with van der Waals surface area (Å²) in [6.07, 6.45) is 4.88. The lowest BCUT2D eigenvalue weighted by atomic mass is 9.79. The van der Waals surface area contributed by atoms with E-state index in [-0.39, 0.29) is 6.04 Å². The van der Waals surface area contributed by atoms with Crippen LogP contribution in [0.1, 0.15) is 38.2 Å². The molecule has 1 N–H and O–H groups in total. The molecule has 2 heteroatoms. The van der Waals surface area contributed by atoms with Crippen molar-refractivity contribution >= 4 is 5.69 Å². The maximum Gasteiger partial charge on any atom is 0.117 e. The van der Waals surface area contributed by atoms with Crippen LogP contribution in [-0.2, 0) is 0 Å².